The van der Waals surface area contributed by atoms with Crippen molar-refractivity contribution in [3.63, 3.8) is 0 Å². The van der Waals surface area contributed by atoms with Gasteiger partial charge in [-0.15, -0.1) is 5.10 Å². The van der Waals surface area contributed by atoms with Crippen LogP contribution in [0.1, 0.15) is 44.2 Å². The zero-order valence-electron chi connectivity index (χ0n) is 22.5. The van der Waals surface area contributed by atoms with Crippen LogP contribution in [0.5, 0.6) is 5.88 Å². The first kappa shape index (κ1) is 25.5. The summed E-state index contributed by atoms with van der Waals surface area (Å²) < 4.78 is 9.59. The van der Waals surface area contributed by atoms with Crippen molar-refractivity contribution in [3.8, 4) is 17.1 Å². The maximum absolute atomic E-state index is 11.6. The number of nitrogens with zero attached hydrogens (tertiary/aromatic N) is 6. The second-order valence-corrected chi connectivity index (χ2v) is 10.6. The van der Waals surface area contributed by atoms with E-state index in [1.807, 2.05) is 6.20 Å². The van der Waals surface area contributed by atoms with E-state index < -0.39 is 0 Å². The first-order valence-electron chi connectivity index (χ1n) is 13.8. The van der Waals surface area contributed by atoms with Crippen molar-refractivity contribution in [2.45, 2.75) is 57.4 Å². The SMILES string of the molecule is CCNc1cc2c(cn1)c(-c1ccc(CN3CC(O)C3)cc1)nn2C1CCC(Oc2ccc(=O)n(C)n2)CC1. The molecule has 3 aromatic heterocycles. The van der Waals surface area contributed by atoms with Crippen molar-refractivity contribution in [2.75, 3.05) is 25.0 Å². The molecule has 1 aliphatic heterocycles. The zero-order chi connectivity index (χ0) is 26.9. The summed E-state index contributed by atoms with van der Waals surface area (Å²) in [6, 6.07) is 14.1. The van der Waals surface area contributed by atoms with Crippen LogP contribution in [-0.4, -0.2) is 66.4 Å². The van der Waals surface area contributed by atoms with Crippen molar-refractivity contribution in [1.82, 2.24) is 29.4 Å². The molecular formula is C29H35N7O3. The highest BCUT2D eigenvalue weighted by molar-refractivity contribution is 5.94. The molecule has 4 heterocycles. The van der Waals surface area contributed by atoms with Crippen molar-refractivity contribution < 1.29 is 9.84 Å². The van der Waals surface area contributed by atoms with E-state index in [0.29, 0.717) is 5.88 Å². The molecule has 1 saturated carbocycles. The van der Waals surface area contributed by atoms with Crippen LogP contribution in [0.25, 0.3) is 22.2 Å². The van der Waals surface area contributed by atoms with E-state index in [9.17, 15) is 9.90 Å². The van der Waals surface area contributed by atoms with Gasteiger partial charge in [-0.2, -0.15) is 5.10 Å². The fraction of sp³-hybridized carbons (Fsp3) is 0.448. The summed E-state index contributed by atoms with van der Waals surface area (Å²) >= 11 is 0. The van der Waals surface area contributed by atoms with Gasteiger partial charge in [0, 0.05) is 68.6 Å². The molecule has 6 rings (SSSR count). The van der Waals surface area contributed by atoms with E-state index in [0.717, 1.165) is 79.8 Å². The summed E-state index contributed by atoms with van der Waals surface area (Å²) in [6.07, 6.45) is 5.45. The molecule has 1 aliphatic carbocycles. The number of β-amino-alcohol motifs (C(OH)–C–C–N with tert-alkyl or cyclic N) is 1. The summed E-state index contributed by atoms with van der Waals surface area (Å²) in [4.78, 5) is 18.5. The Morgan fingerprint density at radius 1 is 1.05 bits per heavy atom. The molecule has 0 atom stereocenters. The number of aliphatic hydroxyl groups is 1. The highest BCUT2D eigenvalue weighted by Crippen LogP contribution is 2.36. The molecular weight excluding hydrogens is 494 g/mol. The Hall–Kier alpha value is -3.76. The number of likely N-dealkylation sites (tertiary alicyclic amines) is 1. The molecule has 4 aromatic rings. The van der Waals surface area contributed by atoms with E-state index >= 15 is 0 Å². The Labute approximate surface area is 227 Å². The summed E-state index contributed by atoms with van der Waals surface area (Å²) in [7, 11) is 1.63. The Balaban J connectivity index is 1.23. The van der Waals surface area contributed by atoms with Gasteiger partial charge in [-0.1, -0.05) is 24.3 Å². The first-order valence-corrected chi connectivity index (χ1v) is 13.8. The monoisotopic (exact) mass is 529 g/mol. The molecule has 0 unspecified atom stereocenters. The van der Waals surface area contributed by atoms with E-state index in [1.165, 1.54) is 16.3 Å². The lowest BCUT2D eigenvalue weighted by Gasteiger charge is -2.35. The molecule has 0 radical (unpaired) electrons. The number of rotatable bonds is 8. The fourth-order valence-electron chi connectivity index (χ4n) is 5.62. The third-order valence-electron chi connectivity index (χ3n) is 7.73. The minimum absolute atomic E-state index is 0.0617. The van der Waals surface area contributed by atoms with Gasteiger partial charge in [0.15, 0.2) is 0 Å². The van der Waals surface area contributed by atoms with Crippen LogP contribution in [0, 0.1) is 0 Å². The van der Waals surface area contributed by atoms with Crippen molar-refractivity contribution in [1.29, 1.82) is 0 Å². The van der Waals surface area contributed by atoms with Gasteiger partial charge in [0.25, 0.3) is 5.56 Å². The summed E-state index contributed by atoms with van der Waals surface area (Å²) in [5, 5.41) is 23.3. The topological polar surface area (TPSA) is 110 Å². The average molecular weight is 530 g/mol. The normalized spacial score (nSPS) is 20.2. The minimum atomic E-state index is -0.189. The van der Waals surface area contributed by atoms with Crippen LogP contribution >= 0.6 is 0 Å². The van der Waals surface area contributed by atoms with Crippen LogP contribution in [0.3, 0.4) is 0 Å². The predicted molar refractivity (Wildman–Crippen MR) is 150 cm³/mol. The number of benzene rings is 1. The Morgan fingerprint density at radius 2 is 1.82 bits per heavy atom. The molecule has 2 N–H and O–H groups in total. The molecule has 1 saturated heterocycles. The predicted octanol–water partition coefficient (Wildman–Crippen LogP) is 3.36. The number of aryl methyl sites for hydroxylation is 1. The Bertz CT molecular complexity index is 1500. The number of hydrogen-bond acceptors (Lipinski definition) is 8. The third-order valence-corrected chi connectivity index (χ3v) is 7.73. The van der Waals surface area contributed by atoms with E-state index in [2.05, 4.69) is 62.2 Å². The third kappa shape index (κ3) is 5.39. The lowest BCUT2D eigenvalue weighted by Crippen LogP contribution is -2.49. The molecule has 2 fully saturated rings. The fourth-order valence-corrected chi connectivity index (χ4v) is 5.62. The maximum Gasteiger partial charge on any atom is 0.266 e. The van der Waals surface area contributed by atoms with Gasteiger partial charge in [0.2, 0.25) is 5.88 Å². The standard InChI is InChI=1S/C29H35N7O3/c1-3-30-26-14-25-24(15-31-26)29(20-6-4-19(5-7-20)16-35-17-22(37)18-35)33-36(25)21-8-10-23(11-9-21)39-27-12-13-28(38)34(2)32-27/h4-7,12-15,21-23,37H,3,8-11,16-18H2,1-2H3,(H,30,31). The van der Waals surface area contributed by atoms with Crippen molar-refractivity contribution >= 4 is 16.7 Å². The zero-order valence-corrected chi connectivity index (χ0v) is 22.5. The minimum Gasteiger partial charge on any atom is -0.473 e. The van der Waals surface area contributed by atoms with Crippen LogP contribution in [0.2, 0.25) is 0 Å². The molecule has 0 spiro atoms. The Kier molecular flexibility index (Phi) is 7.05. The van der Waals surface area contributed by atoms with E-state index in [1.54, 1.807) is 13.1 Å². The average Bonchev–Trinajstić information content (AvgIpc) is 3.30. The lowest BCUT2D eigenvalue weighted by atomic mass is 9.93. The van der Waals surface area contributed by atoms with Gasteiger partial charge < -0.3 is 15.2 Å². The number of ether oxygens (including phenoxy) is 1. The van der Waals surface area contributed by atoms with Crippen LogP contribution in [0.15, 0.2) is 53.5 Å². The molecule has 204 valence electrons. The number of anilines is 1. The second-order valence-electron chi connectivity index (χ2n) is 10.6. The summed E-state index contributed by atoms with van der Waals surface area (Å²) in [5.41, 5.74) is 4.18. The number of fused-ring (bicyclic) bond motifs is 1. The quantitative estimate of drug-likeness (QED) is 0.358. The lowest BCUT2D eigenvalue weighted by molar-refractivity contribution is -0.00286. The van der Waals surface area contributed by atoms with Gasteiger partial charge in [-0.05, 0) is 38.2 Å². The van der Waals surface area contributed by atoms with Gasteiger partial charge >= 0.3 is 0 Å². The largest absolute Gasteiger partial charge is 0.473 e. The molecule has 0 amide bonds. The van der Waals surface area contributed by atoms with Gasteiger partial charge in [0.1, 0.15) is 17.6 Å². The first-order chi connectivity index (χ1) is 19.0. The highest BCUT2D eigenvalue weighted by Gasteiger charge is 2.27. The van der Waals surface area contributed by atoms with Gasteiger partial charge in [0.05, 0.1) is 17.7 Å². The van der Waals surface area contributed by atoms with Gasteiger partial charge in [-0.25, -0.2) is 9.67 Å². The van der Waals surface area contributed by atoms with Crippen molar-refractivity contribution in [2.24, 2.45) is 7.05 Å². The van der Waals surface area contributed by atoms with Crippen LogP contribution < -0.4 is 15.6 Å². The molecule has 10 heteroatoms. The molecule has 2 aliphatic rings. The maximum atomic E-state index is 11.6. The Morgan fingerprint density at radius 3 is 2.51 bits per heavy atom. The highest BCUT2D eigenvalue weighted by atomic mass is 16.5. The number of pyridine rings is 1. The number of aromatic nitrogens is 5. The van der Waals surface area contributed by atoms with Crippen LogP contribution in [-0.2, 0) is 13.6 Å². The van der Waals surface area contributed by atoms with E-state index in [-0.39, 0.29) is 23.8 Å². The summed E-state index contributed by atoms with van der Waals surface area (Å²) in [5.74, 6) is 1.34. The molecule has 1 aromatic carbocycles. The second kappa shape index (κ2) is 10.8. The van der Waals surface area contributed by atoms with Crippen LogP contribution in [0.4, 0.5) is 5.82 Å². The van der Waals surface area contributed by atoms with Crippen molar-refractivity contribution in [3.05, 3.63) is 64.6 Å². The number of hydrogen-bond donors (Lipinski definition) is 2. The smallest absolute Gasteiger partial charge is 0.266 e. The summed E-state index contributed by atoms with van der Waals surface area (Å²) in [6.45, 7) is 5.20. The molecule has 39 heavy (non-hydrogen) atoms. The number of nitrogens with one attached hydrogen (secondary N) is 1. The molecule has 0 bridgehead atoms. The van der Waals surface area contributed by atoms with E-state index in [4.69, 9.17) is 9.84 Å². The van der Waals surface area contributed by atoms with Gasteiger partial charge in [-0.3, -0.25) is 14.4 Å². The molecule has 10 nitrogen and oxygen atoms in total. The number of aliphatic hydroxyl groups excluding tert-OH is 1.